The van der Waals surface area contributed by atoms with Crippen LogP contribution in [0, 0.1) is 6.92 Å². The number of ether oxygens (including phenoxy) is 1. The zero-order valence-corrected chi connectivity index (χ0v) is 11.9. The summed E-state index contributed by atoms with van der Waals surface area (Å²) in [7, 11) is 0. The smallest absolute Gasteiger partial charge is 0.119 e. The van der Waals surface area contributed by atoms with Crippen LogP contribution in [0.15, 0.2) is 48.5 Å². The Labute approximate surface area is 119 Å². The van der Waals surface area contributed by atoms with Crippen LogP contribution in [0.25, 0.3) is 0 Å². The Morgan fingerprint density at radius 1 is 1.05 bits per heavy atom. The van der Waals surface area contributed by atoms with Crippen LogP contribution >= 0.6 is 11.6 Å². The number of rotatable bonds is 5. The number of hydrogen-bond donors (Lipinski definition) is 1. The summed E-state index contributed by atoms with van der Waals surface area (Å²) >= 11 is 5.84. The van der Waals surface area contributed by atoms with Crippen LogP contribution in [0.2, 0.25) is 5.02 Å². The molecule has 0 saturated heterocycles. The molecule has 19 heavy (non-hydrogen) atoms. The quantitative estimate of drug-likeness (QED) is 0.866. The van der Waals surface area contributed by atoms with Crippen LogP contribution in [0.1, 0.15) is 12.5 Å². The average Bonchev–Trinajstić information content (AvgIpc) is 2.41. The van der Waals surface area contributed by atoms with Crippen molar-refractivity contribution in [1.29, 1.82) is 0 Å². The molecule has 0 bridgehead atoms. The van der Waals surface area contributed by atoms with Crippen LogP contribution in [0.4, 0.5) is 5.69 Å². The number of hydrogen-bond acceptors (Lipinski definition) is 2. The Morgan fingerprint density at radius 3 is 2.32 bits per heavy atom. The van der Waals surface area contributed by atoms with E-state index in [0.29, 0.717) is 0 Å². The fraction of sp³-hybridized carbons (Fsp3) is 0.250. The van der Waals surface area contributed by atoms with Gasteiger partial charge in [0.25, 0.3) is 0 Å². The highest BCUT2D eigenvalue weighted by Crippen LogP contribution is 2.15. The Balaban J connectivity index is 1.82. The summed E-state index contributed by atoms with van der Waals surface area (Å²) in [5.74, 6) is 0.899. The van der Waals surface area contributed by atoms with Gasteiger partial charge in [-0.05, 0) is 50.2 Å². The Bertz CT molecular complexity index is 507. The van der Waals surface area contributed by atoms with Gasteiger partial charge < -0.3 is 10.1 Å². The van der Waals surface area contributed by atoms with E-state index in [0.717, 1.165) is 23.0 Å². The molecular weight excluding hydrogens is 258 g/mol. The molecule has 0 radical (unpaired) electrons. The summed E-state index contributed by atoms with van der Waals surface area (Å²) in [6.07, 6.45) is 0.0957. The van der Waals surface area contributed by atoms with E-state index in [4.69, 9.17) is 16.3 Å². The van der Waals surface area contributed by atoms with Gasteiger partial charge in [0, 0.05) is 10.7 Å². The van der Waals surface area contributed by atoms with Gasteiger partial charge in [0.1, 0.15) is 11.9 Å². The zero-order valence-electron chi connectivity index (χ0n) is 11.2. The third-order valence-electron chi connectivity index (χ3n) is 2.80. The molecule has 0 aliphatic carbocycles. The van der Waals surface area contributed by atoms with Gasteiger partial charge in [0.05, 0.1) is 6.54 Å². The van der Waals surface area contributed by atoms with Crippen molar-refractivity contribution in [2.75, 3.05) is 11.9 Å². The molecular formula is C16H18ClNO. The van der Waals surface area contributed by atoms with E-state index >= 15 is 0 Å². The van der Waals surface area contributed by atoms with Crippen molar-refractivity contribution >= 4 is 17.3 Å². The van der Waals surface area contributed by atoms with E-state index in [-0.39, 0.29) is 6.10 Å². The first kappa shape index (κ1) is 13.8. The Morgan fingerprint density at radius 2 is 1.68 bits per heavy atom. The fourth-order valence-corrected chi connectivity index (χ4v) is 1.85. The lowest BCUT2D eigenvalue weighted by Gasteiger charge is -2.16. The van der Waals surface area contributed by atoms with Gasteiger partial charge in [0.2, 0.25) is 0 Å². The maximum atomic E-state index is 5.84. The van der Waals surface area contributed by atoms with Crippen molar-refractivity contribution in [2.24, 2.45) is 0 Å². The van der Waals surface area contributed by atoms with E-state index in [1.165, 1.54) is 5.56 Å². The number of benzene rings is 2. The summed E-state index contributed by atoms with van der Waals surface area (Å²) in [4.78, 5) is 0. The first-order valence-electron chi connectivity index (χ1n) is 6.36. The van der Waals surface area contributed by atoms with Gasteiger partial charge in [-0.3, -0.25) is 0 Å². The Kier molecular flexibility index (Phi) is 4.69. The van der Waals surface area contributed by atoms with Crippen molar-refractivity contribution in [3.63, 3.8) is 0 Å². The van der Waals surface area contributed by atoms with E-state index in [9.17, 15) is 0 Å². The lowest BCUT2D eigenvalue weighted by atomic mass is 10.2. The summed E-state index contributed by atoms with van der Waals surface area (Å²) in [6.45, 7) is 4.85. The highest BCUT2D eigenvalue weighted by molar-refractivity contribution is 6.30. The van der Waals surface area contributed by atoms with Crippen molar-refractivity contribution in [1.82, 2.24) is 0 Å². The predicted molar refractivity (Wildman–Crippen MR) is 81.2 cm³/mol. The molecule has 0 spiro atoms. The molecule has 0 aromatic heterocycles. The number of aryl methyl sites for hydroxylation is 1. The minimum atomic E-state index is 0.0957. The molecule has 100 valence electrons. The largest absolute Gasteiger partial charge is 0.489 e. The Hall–Kier alpha value is -1.67. The summed E-state index contributed by atoms with van der Waals surface area (Å²) in [6, 6.07) is 15.7. The third-order valence-corrected chi connectivity index (χ3v) is 3.05. The second kappa shape index (κ2) is 6.48. The molecule has 1 unspecified atom stereocenters. The molecule has 2 aromatic rings. The van der Waals surface area contributed by atoms with Crippen LogP contribution < -0.4 is 10.1 Å². The highest BCUT2D eigenvalue weighted by atomic mass is 35.5. The van der Waals surface area contributed by atoms with E-state index in [1.807, 2.05) is 43.3 Å². The van der Waals surface area contributed by atoms with Gasteiger partial charge in [-0.2, -0.15) is 0 Å². The molecule has 0 heterocycles. The van der Waals surface area contributed by atoms with Crippen LogP contribution in [0.3, 0.4) is 0 Å². The first-order chi connectivity index (χ1) is 9.13. The van der Waals surface area contributed by atoms with Crippen LogP contribution in [-0.2, 0) is 0 Å². The fourth-order valence-electron chi connectivity index (χ4n) is 1.72. The minimum Gasteiger partial charge on any atom is -0.489 e. The normalized spacial score (nSPS) is 11.9. The molecule has 1 atom stereocenters. The standard InChI is InChI=1S/C16H18ClNO/c1-12-3-9-16(10-4-12)19-13(2)11-18-15-7-5-14(17)6-8-15/h3-10,13,18H,11H2,1-2H3. The SMILES string of the molecule is Cc1ccc(OC(C)CNc2ccc(Cl)cc2)cc1. The summed E-state index contributed by atoms with van der Waals surface area (Å²) in [5.41, 5.74) is 2.28. The molecule has 0 amide bonds. The molecule has 2 nitrogen and oxygen atoms in total. The molecule has 2 rings (SSSR count). The number of nitrogens with one attached hydrogen (secondary N) is 1. The van der Waals surface area contributed by atoms with Crippen LogP contribution in [0.5, 0.6) is 5.75 Å². The van der Waals surface area contributed by atoms with E-state index in [1.54, 1.807) is 0 Å². The van der Waals surface area contributed by atoms with Gasteiger partial charge in [0.15, 0.2) is 0 Å². The number of anilines is 1. The second-order valence-corrected chi connectivity index (χ2v) is 5.07. The minimum absolute atomic E-state index is 0.0957. The van der Waals surface area contributed by atoms with Crippen molar-refractivity contribution in [3.8, 4) is 5.75 Å². The van der Waals surface area contributed by atoms with Gasteiger partial charge in [-0.1, -0.05) is 29.3 Å². The van der Waals surface area contributed by atoms with Crippen molar-refractivity contribution in [2.45, 2.75) is 20.0 Å². The van der Waals surface area contributed by atoms with Crippen molar-refractivity contribution < 1.29 is 4.74 Å². The average molecular weight is 276 g/mol. The highest BCUT2D eigenvalue weighted by Gasteiger charge is 2.03. The zero-order chi connectivity index (χ0) is 13.7. The molecule has 1 N–H and O–H groups in total. The monoisotopic (exact) mass is 275 g/mol. The summed E-state index contributed by atoms with van der Waals surface area (Å²) < 4.78 is 5.83. The maximum Gasteiger partial charge on any atom is 0.119 e. The van der Waals surface area contributed by atoms with Gasteiger partial charge in [-0.15, -0.1) is 0 Å². The number of halogens is 1. The molecule has 3 heteroatoms. The topological polar surface area (TPSA) is 21.3 Å². The van der Waals surface area contributed by atoms with E-state index in [2.05, 4.69) is 24.4 Å². The lowest BCUT2D eigenvalue weighted by molar-refractivity contribution is 0.234. The lowest BCUT2D eigenvalue weighted by Crippen LogP contribution is -2.22. The molecule has 0 saturated carbocycles. The third kappa shape index (κ3) is 4.49. The molecule has 0 aliphatic rings. The predicted octanol–water partition coefficient (Wildman–Crippen LogP) is 4.53. The van der Waals surface area contributed by atoms with Gasteiger partial charge in [-0.25, -0.2) is 0 Å². The molecule has 0 aliphatic heterocycles. The summed E-state index contributed by atoms with van der Waals surface area (Å²) in [5, 5.41) is 4.06. The van der Waals surface area contributed by atoms with Gasteiger partial charge >= 0.3 is 0 Å². The molecule has 2 aromatic carbocycles. The second-order valence-electron chi connectivity index (χ2n) is 4.63. The van der Waals surface area contributed by atoms with Crippen molar-refractivity contribution in [3.05, 3.63) is 59.1 Å². The van der Waals surface area contributed by atoms with Crippen LogP contribution in [-0.4, -0.2) is 12.6 Å². The van der Waals surface area contributed by atoms with E-state index < -0.39 is 0 Å². The first-order valence-corrected chi connectivity index (χ1v) is 6.74. The maximum absolute atomic E-state index is 5.84. The molecule has 0 fully saturated rings.